The highest BCUT2D eigenvalue weighted by molar-refractivity contribution is 5.84. The molecule has 0 aliphatic carbocycles. The summed E-state index contributed by atoms with van der Waals surface area (Å²) >= 11 is 0. The zero-order chi connectivity index (χ0) is 13.5. The molecule has 0 aromatic carbocycles. The van der Waals surface area contributed by atoms with Gasteiger partial charge >= 0.3 is 5.97 Å². The van der Waals surface area contributed by atoms with Crippen LogP contribution in [-0.2, 0) is 11.3 Å². The quantitative estimate of drug-likeness (QED) is 0.609. The summed E-state index contributed by atoms with van der Waals surface area (Å²) < 4.78 is 1.20. The fourth-order valence-electron chi connectivity index (χ4n) is 1.30. The molecule has 1 aromatic heterocycles. The van der Waals surface area contributed by atoms with Crippen LogP contribution in [0.15, 0.2) is 6.20 Å². The van der Waals surface area contributed by atoms with Crippen LogP contribution in [0.3, 0.4) is 0 Å². The topological polar surface area (TPSA) is 100 Å². The maximum atomic E-state index is 11.5. The van der Waals surface area contributed by atoms with Crippen molar-refractivity contribution >= 4 is 11.9 Å². The minimum atomic E-state index is -1.16. The van der Waals surface area contributed by atoms with Crippen LogP contribution in [0.2, 0.25) is 0 Å². The Hall–Kier alpha value is -1.96. The van der Waals surface area contributed by atoms with Gasteiger partial charge in [-0.25, -0.2) is 9.48 Å². The lowest BCUT2D eigenvalue weighted by atomic mass is 10.4. The monoisotopic (exact) mass is 255 g/mol. The number of aromatic carboxylic acids is 1. The molecule has 1 amide bonds. The molecular formula is C10H17N5O3. The van der Waals surface area contributed by atoms with Gasteiger partial charge < -0.3 is 15.3 Å². The van der Waals surface area contributed by atoms with Crippen LogP contribution in [0.5, 0.6) is 0 Å². The van der Waals surface area contributed by atoms with Crippen molar-refractivity contribution in [3.05, 3.63) is 11.9 Å². The normalized spacial score (nSPS) is 10.6. The van der Waals surface area contributed by atoms with Gasteiger partial charge in [0.05, 0.1) is 6.20 Å². The van der Waals surface area contributed by atoms with E-state index in [9.17, 15) is 9.59 Å². The number of hydrogen-bond donors (Lipinski definition) is 2. The highest BCUT2D eigenvalue weighted by atomic mass is 16.4. The van der Waals surface area contributed by atoms with Gasteiger partial charge in [0.2, 0.25) is 5.91 Å². The molecule has 0 bridgehead atoms. The van der Waals surface area contributed by atoms with Crippen molar-refractivity contribution in [1.29, 1.82) is 0 Å². The Balaban J connectivity index is 2.29. The van der Waals surface area contributed by atoms with Crippen LogP contribution in [0.25, 0.3) is 0 Å². The van der Waals surface area contributed by atoms with Crippen molar-refractivity contribution in [2.75, 3.05) is 27.2 Å². The molecule has 8 heteroatoms. The Morgan fingerprint density at radius 3 is 2.78 bits per heavy atom. The van der Waals surface area contributed by atoms with Crippen LogP contribution >= 0.6 is 0 Å². The van der Waals surface area contributed by atoms with Crippen molar-refractivity contribution < 1.29 is 14.7 Å². The summed E-state index contributed by atoms with van der Waals surface area (Å²) in [6, 6.07) is 0. The molecule has 1 rings (SSSR count). The number of amides is 1. The number of aromatic nitrogens is 3. The minimum Gasteiger partial charge on any atom is -0.476 e. The van der Waals surface area contributed by atoms with Crippen molar-refractivity contribution in [3.63, 3.8) is 0 Å². The fraction of sp³-hybridized carbons (Fsp3) is 0.600. The van der Waals surface area contributed by atoms with Gasteiger partial charge in [-0.2, -0.15) is 0 Å². The zero-order valence-corrected chi connectivity index (χ0v) is 10.5. The average molecular weight is 255 g/mol. The second-order valence-electron chi connectivity index (χ2n) is 4.11. The number of hydrogen-bond acceptors (Lipinski definition) is 5. The smallest absolute Gasteiger partial charge is 0.358 e. The third-order valence-corrected chi connectivity index (χ3v) is 2.17. The predicted molar refractivity (Wildman–Crippen MR) is 63.2 cm³/mol. The standard InChI is InChI=1S/C10H17N5O3/c1-14(2)5-3-4-11-9(16)7-15-6-8(10(17)18)12-13-15/h6H,3-5,7H2,1-2H3,(H,11,16)(H,17,18). The molecule has 18 heavy (non-hydrogen) atoms. The van der Waals surface area contributed by atoms with E-state index in [1.54, 1.807) is 0 Å². The Labute approximate surface area is 105 Å². The molecule has 0 saturated carbocycles. The van der Waals surface area contributed by atoms with Gasteiger partial charge in [0.1, 0.15) is 6.54 Å². The summed E-state index contributed by atoms with van der Waals surface area (Å²) in [6.07, 6.45) is 2.08. The Bertz CT molecular complexity index is 415. The molecule has 100 valence electrons. The first-order chi connectivity index (χ1) is 8.49. The SMILES string of the molecule is CN(C)CCCNC(=O)Cn1cc(C(=O)O)nn1. The van der Waals surface area contributed by atoms with Gasteiger partial charge in [-0.15, -0.1) is 5.10 Å². The van der Waals surface area contributed by atoms with Crippen molar-refractivity contribution in [1.82, 2.24) is 25.2 Å². The predicted octanol–water partition coefficient (Wildman–Crippen LogP) is -0.956. The number of carbonyl (C=O) groups is 2. The van der Waals surface area contributed by atoms with Crippen LogP contribution in [0.1, 0.15) is 16.9 Å². The summed E-state index contributed by atoms with van der Waals surface area (Å²) in [7, 11) is 3.93. The summed E-state index contributed by atoms with van der Waals surface area (Å²) in [4.78, 5) is 24.1. The van der Waals surface area contributed by atoms with Crippen molar-refractivity contribution in [2.45, 2.75) is 13.0 Å². The third kappa shape index (κ3) is 4.91. The minimum absolute atomic E-state index is 0.0256. The molecule has 8 nitrogen and oxygen atoms in total. The first kappa shape index (κ1) is 14.1. The largest absolute Gasteiger partial charge is 0.476 e. The first-order valence-corrected chi connectivity index (χ1v) is 5.54. The lowest BCUT2D eigenvalue weighted by molar-refractivity contribution is -0.121. The van der Waals surface area contributed by atoms with Crippen LogP contribution < -0.4 is 5.32 Å². The maximum Gasteiger partial charge on any atom is 0.358 e. The highest BCUT2D eigenvalue weighted by Crippen LogP contribution is 1.92. The molecule has 0 atom stereocenters. The molecule has 0 aliphatic rings. The van der Waals surface area contributed by atoms with E-state index >= 15 is 0 Å². The highest BCUT2D eigenvalue weighted by Gasteiger charge is 2.10. The lowest BCUT2D eigenvalue weighted by Crippen LogP contribution is -2.30. The number of nitrogens with zero attached hydrogens (tertiary/aromatic N) is 4. The Morgan fingerprint density at radius 1 is 1.50 bits per heavy atom. The summed E-state index contributed by atoms with van der Waals surface area (Å²) in [5.74, 6) is -1.37. The van der Waals surface area contributed by atoms with E-state index in [4.69, 9.17) is 5.11 Å². The summed E-state index contributed by atoms with van der Waals surface area (Å²) in [6.45, 7) is 1.45. The third-order valence-electron chi connectivity index (χ3n) is 2.17. The fourth-order valence-corrected chi connectivity index (χ4v) is 1.30. The zero-order valence-electron chi connectivity index (χ0n) is 10.5. The van der Waals surface area contributed by atoms with Gasteiger partial charge in [0.25, 0.3) is 0 Å². The molecule has 0 spiro atoms. The molecule has 0 aliphatic heterocycles. The van der Waals surface area contributed by atoms with Gasteiger partial charge in [-0.1, -0.05) is 5.21 Å². The van der Waals surface area contributed by atoms with Gasteiger partial charge in [-0.05, 0) is 27.1 Å². The molecule has 1 heterocycles. The van der Waals surface area contributed by atoms with E-state index in [1.165, 1.54) is 10.9 Å². The second kappa shape index (κ2) is 6.70. The van der Waals surface area contributed by atoms with E-state index in [0.717, 1.165) is 13.0 Å². The lowest BCUT2D eigenvalue weighted by Gasteiger charge is -2.09. The molecular weight excluding hydrogens is 238 g/mol. The van der Waals surface area contributed by atoms with Crippen LogP contribution in [0, 0.1) is 0 Å². The number of carboxylic acid groups (broad SMARTS) is 1. The number of rotatable bonds is 7. The van der Waals surface area contributed by atoms with Crippen LogP contribution in [0.4, 0.5) is 0 Å². The molecule has 0 unspecified atom stereocenters. The Morgan fingerprint density at radius 2 is 2.22 bits per heavy atom. The maximum absolute atomic E-state index is 11.5. The second-order valence-corrected chi connectivity index (χ2v) is 4.11. The number of carbonyl (C=O) groups excluding carboxylic acids is 1. The molecule has 2 N–H and O–H groups in total. The average Bonchev–Trinajstić information content (AvgIpc) is 2.72. The molecule has 1 aromatic rings. The summed E-state index contributed by atoms with van der Waals surface area (Å²) in [5.41, 5.74) is -0.171. The van der Waals surface area contributed by atoms with Gasteiger partial charge in [-0.3, -0.25) is 4.79 Å². The van der Waals surface area contributed by atoms with E-state index < -0.39 is 5.97 Å². The molecule has 0 saturated heterocycles. The van der Waals surface area contributed by atoms with Gasteiger partial charge in [0.15, 0.2) is 5.69 Å². The first-order valence-electron chi connectivity index (χ1n) is 5.54. The number of nitrogens with one attached hydrogen (secondary N) is 1. The summed E-state index contributed by atoms with van der Waals surface area (Å²) in [5, 5.41) is 18.3. The van der Waals surface area contributed by atoms with E-state index in [1.807, 2.05) is 19.0 Å². The van der Waals surface area contributed by atoms with E-state index in [0.29, 0.717) is 6.54 Å². The van der Waals surface area contributed by atoms with Crippen LogP contribution in [-0.4, -0.2) is 64.1 Å². The molecule has 0 radical (unpaired) electrons. The van der Waals surface area contributed by atoms with Gasteiger partial charge in [0, 0.05) is 6.54 Å². The Kier molecular flexibility index (Phi) is 5.25. The van der Waals surface area contributed by atoms with E-state index in [-0.39, 0.29) is 18.1 Å². The molecule has 0 fully saturated rings. The van der Waals surface area contributed by atoms with Crippen molar-refractivity contribution in [3.8, 4) is 0 Å². The van der Waals surface area contributed by atoms with E-state index in [2.05, 4.69) is 15.6 Å². The number of carboxylic acids is 1. The van der Waals surface area contributed by atoms with Crippen molar-refractivity contribution in [2.24, 2.45) is 0 Å².